The highest BCUT2D eigenvalue weighted by Gasteiger charge is 2.18. The molecule has 4 rings (SSSR count). The van der Waals surface area contributed by atoms with Crippen molar-refractivity contribution in [2.24, 2.45) is 7.05 Å². The number of anilines is 2. The predicted octanol–water partition coefficient (Wildman–Crippen LogP) is 3.66. The van der Waals surface area contributed by atoms with Crippen molar-refractivity contribution in [1.82, 2.24) is 19.7 Å². The number of halogens is 2. The molecule has 2 aromatic heterocycles. The molecule has 0 fully saturated rings. The van der Waals surface area contributed by atoms with E-state index in [-0.39, 0.29) is 16.8 Å². The van der Waals surface area contributed by atoms with E-state index < -0.39 is 10.0 Å². The van der Waals surface area contributed by atoms with Gasteiger partial charge in [-0.05, 0) is 42.5 Å². The first-order chi connectivity index (χ1) is 14.2. The Kier molecular flexibility index (Phi) is 5.14. The molecular formula is C18H14Cl2N6O3S. The van der Waals surface area contributed by atoms with E-state index >= 15 is 0 Å². The van der Waals surface area contributed by atoms with Crippen LogP contribution in [0.15, 0.2) is 53.7 Å². The van der Waals surface area contributed by atoms with E-state index in [1.54, 1.807) is 29.8 Å². The summed E-state index contributed by atoms with van der Waals surface area (Å²) in [6.45, 7) is 0. The van der Waals surface area contributed by atoms with Gasteiger partial charge in [0.05, 0.1) is 15.4 Å². The number of aromatic nitrogens is 4. The lowest BCUT2D eigenvalue weighted by atomic mass is 10.2. The van der Waals surface area contributed by atoms with Crippen LogP contribution in [0, 0.1) is 0 Å². The van der Waals surface area contributed by atoms with Crippen LogP contribution in [0.1, 0.15) is 10.5 Å². The topological polar surface area (TPSA) is 122 Å². The van der Waals surface area contributed by atoms with Gasteiger partial charge < -0.3 is 9.88 Å². The smallest absolute Gasteiger partial charge is 0.272 e. The van der Waals surface area contributed by atoms with Gasteiger partial charge in [0.25, 0.3) is 15.9 Å². The molecule has 0 saturated carbocycles. The Labute approximate surface area is 181 Å². The van der Waals surface area contributed by atoms with Gasteiger partial charge in [0.1, 0.15) is 12.0 Å². The molecule has 12 heteroatoms. The number of aryl methyl sites for hydroxylation is 1. The van der Waals surface area contributed by atoms with Crippen molar-refractivity contribution in [3.8, 4) is 0 Å². The van der Waals surface area contributed by atoms with Gasteiger partial charge in [-0.15, -0.1) is 0 Å². The number of hydrogen-bond donors (Lipinski definition) is 3. The van der Waals surface area contributed by atoms with Crippen molar-refractivity contribution in [1.29, 1.82) is 0 Å². The summed E-state index contributed by atoms with van der Waals surface area (Å²) in [4.78, 5) is 16.5. The molecule has 2 heterocycles. The Bertz CT molecular complexity index is 1350. The summed E-state index contributed by atoms with van der Waals surface area (Å²) in [6, 6.07) is 10.7. The molecule has 0 aliphatic carbocycles. The van der Waals surface area contributed by atoms with Gasteiger partial charge in [-0.3, -0.25) is 4.79 Å². The molecule has 0 radical (unpaired) electrons. The second-order valence-electron chi connectivity index (χ2n) is 6.33. The third-order valence-corrected chi connectivity index (χ3v) is 6.26. The molecule has 1 amide bonds. The number of sulfonamides is 1. The number of amides is 1. The summed E-state index contributed by atoms with van der Waals surface area (Å²) >= 11 is 12.3. The van der Waals surface area contributed by atoms with Crippen molar-refractivity contribution in [2.45, 2.75) is 4.90 Å². The van der Waals surface area contributed by atoms with Gasteiger partial charge in [0.2, 0.25) is 5.95 Å². The molecule has 0 aliphatic rings. The van der Waals surface area contributed by atoms with Gasteiger partial charge in [0, 0.05) is 23.1 Å². The van der Waals surface area contributed by atoms with Crippen LogP contribution in [-0.4, -0.2) is 34.1 Å². The number of rotatable bonds is 5. The third kappa shape index (κ3) is 3.84. The maximum atomic E-state index is 12.7. The summed E-state index contributed by atoms with van der Waals surface area (Å²) in [7, 11) is -2.11. The van der Waals surface area contributed by atoms with E-state index in [1.165, 1.54) is 30.6 Å². The van der Waals surface area contributed by atoms with Gasteiger partial charge in [0.15, 0.2) is 0 Å². The first-order valence-electron chi connectivity index (χ1n) is 8.49. The Balaban J connectivity index is 1.55. The highest BCUT2D eigenvalue weighted by atomic mass is 35.5. The van der Waals surface area contributed by atoms with Crippen LogP contribution >= 0.6 is 23.2 Å². The van der Waals surface area contributed by atoms with Crippen LogP contribution in [0.25, 0.3) is 10.9 Å². The van der Waals surface area contributed by atoms with E-state index in [1.807, 2.05) is 0 Å². The first kappa shape index (κ1) is 20.2. The third-order valence-electron chi connectivity index (χ3n) is 4.38. The summed E-state index contributed by atoms with van der Waals surface area (Å²) in [5.41, 5.74) is 1.52. The average molecular weight is 465 g/mol. The largest absolute Gasteiger partial charge is 0.340 e. The standard InChI is InChI=1S/C18H14Cl2N6O3S/c1-26-15-7-10(19)6-14(20)13(15)8-16(26)17(27)23-11-2-4-12(5-3-11)30(28,29)25-18-21-9-22-24-18/h2-9H,1H3,(H,23,27)(H2,21,22,24,25). The minimum atomic E-state index is -3.84. The van der Waals surface area contributed by atoms with Crippen molar-refractivity contribution in [2.75, 3.05) is 10.0 Å². The average Bonchev–Trinajstić information content (AvgIpc) is 3.30. The molecule has 0 unspecified atom stereocenters. The molecule has 4 aromatic rings. The molecule has 9 nitrogen and oxygen atoms in total. The number of fused-ring (bicyclic) bond motifs is 1. The van der Waals surface area contributed by atoms with Crippen molar-refractivity contribution in [3.05, 3.63) is 64.5 Å². The zero-order valence-electron chi connectivity index (χ0n) is 15.3. The fourth-order valence-corrected chi connectivity index (χ4v) is 4.43. The molecule has 0 aliphatic heterocycles. The molecule has 3 N–H and O–H groups in total. The fourth-order valence-electron chi connectivity index (χ4n) is 2.93. The van der Waals surface area contributed by atoms with Gasteiger partial charge in [-0.1, -0.05) is 23.2 Å². The van der Waals surface area contributed by atoms with E-state index in [2.05, 4.69) is 25.2 Å². The number of H-pyrrole nitrogens is 1. The van der Waals surface area contributed by atoms with Crippen LogP contribution in [0.5, 0.6) is 0 Å². The van der Waals surface area contributed by atoms with Crippen molar-refractivity contribution >= 4 is 61.7 Å². The van der Waals surface area contributed by atoms with Crippen LogP contribution in [0.4, 0.5) is 11.6 Å². The van der Waals surface area contributed by atoms with Crippen LogP contribution < -0.4 is 10.0 Å². The van der Waals surface area contributed by atoms with E-state index in [4.69, 9.17) is 23.2 Å². The Morgan fingerprint density at radius 3 is 2.53 bits per heavy atom. The highest BCUT2D eigenvalue weighted by molar-refractivity contribution is 7.92. The monoisotopic (exact) mass is 464 g/mol. The number of carbonyl (C=O) groups is 1. The number of benzene rings is 2. The zero-order valence-corrected chi connectivity index (χ0v) is 17.7. The number of nitrogens with zero attached hydrogens (tertiary/aromatic N) is 3. The quantitative estimate of drug-likeness (QED) is 0.415. The van der Waals surface area contributed by atoms with Gasteiger partial charge in [-0.25, -0.2) is 18.2 Å². The minimum absolute atomic E-state index is 0.00178. The van der Waals surface area contributed by atoms with Crippen LogP contribution in [0.2, 0.25) is 10.0 Å². The van der Waals surface area contributed by atoms with Crippen LogP contribution in [-0.2, 0) is 17.1 Å². The summed E-state index contributed by atoms with van der Waals surface area (Å²) in [5.74, 6) is -0.377. The Hall–Kier alpha value is -3.08. The molecule has 2 aromatic carbocycles. The number of nitrogens with one attached hydrogen (secondary N) is 3. The van der Waals surface area contributed by atoms with Gasteiger partial charge in [-0.2, -0.15) is 10.1 Å². The molecular weight excluding hydrogens is 451 g/mol. The molecule has 0 bridgehead atoms. The lowest BCUT2D eigenvalue weighted by molar-refractivity contribution is 0.101. The molecule has 0 spiro atoms. The molecule has 154 valence electrons. The summed E-state index contributed by atoms with van der Waals surface area (Å²) < 4.78 is 28.6. The molecule has 0 saturated heterocycles. The lowest BCUT2D eigenvalue weighted by Gasteiger charge is -2.08. The summed E-state index contributed by atoms with van der Waals surface area (Å²) in [6.07, 6.45) is 1.19. The minimum Gasteiger partial charge on any atom is -0.340 e. The predicted molar refractivity (Wildman–Crippen MR) is 115 cm³/mol. The second-order valence-corrected chi connectivity index (χ2v) is 8.85. The molecule has 30 heavy (non-hydrogen) atoms. The number of hydrogen-bond acceptors (Lipinski definition) is 5. The molecule has 0 atom stereocenters. The van der Waals surface area contributed by atoms with Crippen LogP contribution in [0.3, 0.4) is 0 Å². The Morgan fingerprint density at radius 1 is 1.13 bits per heavy atom. The second kappa shape index (κ2) is 7.63. The maximum Gasteiger partial charge on any atom is 0.272 e. The van der Waals surface area contributed by atoms with E-state index in [9.17, 15) is 13.2 Å². The van der Waals surface area contributed by atoms with Crippen molar-refractivity contribution < 1.29 is 13.2 Å². The van der Waals surface area contributed by atoms with E-state index in [0.29, 0.717) is 26.8 Å². The lowest BCUT2D eigenvalue weighted by Crippen LogP contribution is -2.16. The number of carbonyl (C=O) groups excluding carboxylic acids is 1. The van der Waals surface area contributed by atoms with E-state index in [0.717, 1.165) is 5.52 Å². The normalized spacial score (nSPS) is 11.6. The fraction of sp³-hybridized carbons (Fsp3) is 0.0556. The SMILES string of the molecule is Cn1c(C(=O)Nc2ccc(S(=O)(=O)Nc3ncn[nH]3)cc2)cc2c(Cl)cc(Cl)cc21. The van der Waals surface area contributed by atoms with Gasteiger partial charge >= 0.3 is 0 Å². The number of aromatic amines is 1. The van der Waals surface area contributed by atoms with Crippen molar-refractivity contribution in [3.63, 3.8) is 0 Å². The maximum absolute atomic E-state index is 12.7. The Morgan fingerprint density at radius 2 is 1.87 bits per heavy atom. The zero-order chi connectivity index (χ0) is 21.5. The summed E-state index contributed by atoms with van der Waals surface area (Å²) in [5, 5.41) is 10.3. The first-order valence-corrected chi connectivity index (χ1v) is 10.7. The highest BCUT2D eigenvalue weighted by Crippen LogP contribution is 2.30.